The van der Waals surface area contributed by atoms with Crippen molar-refractivity contribution in [2.24, 2.45) is 5.84 Å². The molecule has 0 aromatic carbocycles. The molecule has 0 rings (SSSR count). The first-order valence-corrected chi connectivity index (χ1v) is 6.81. The zero-order chi connectivity index (χ0) is 17.7. The molecule has 0 aliphatic carbocycles. The minimum absolute atomic E-state index is 0.0732. The molecule has 0 spiro atoms. The first-order valence-electron chi connectivity index (χ1n) is 6.81. The predicted octanol–water partition coefficient (Wildman–Crippen LogP) is 2.22. The summed E-state index contributed by atoms with van der Waals surface area (Å²) in [5.74, 6) is 4.79. The maximum atomic E-state index is 12.0. The number of hydrogen-bond acceptors (Lipinski definition) is 7. The van der Waals surface area contributed by atoms with Crippen LogP contribution in [0.15, 0.2) is 0 Å². The summed E-state index contributed by atoms with van der Waals surface area (Å²) in [4.78, 5) is 28.8. The Morgan fingerprint density at radius 3 is 1.77 bits per heavy atom. The van der Waals surface area contributed by atoms with Crippen molar-refractivity contribution < 1.29 is 23.9 Å². The predicted molar refractivity (Wildman–Crippen MR) is 79.7 cm³/mol. The molecule has 0 radical (unpaired) electrons. The molecule has 0 heterocycles. The van der Waals surface area contributed by atoms with Crippen molar-refractivity contribution in [1.29, 1.82) is 5.41 Å². The van der Waals surface area contributed by atoms with Crippen LogP contribution in [-0.4, -0.2) is 46.0 Å². The van der Waals surface area contributed by atoms with Crippen LogP contribution in [0.1, 0.15) is 48.5 Å². The van der Waals surface area contributed by atoms with E-state index in [2.05, 4.69) is 0 Å². The highest BCUT2D eigenvalue weighted by atomic mass is 16.7. The summed E-state index contributed by atoms with van der Waals surface area (Å²) in [6.07, 6.45) is -1.95. The van der Waals surface area contributed by atoms with Gasteiger partial charge in [0.15, 0.2) is 0 Å². The van der Waals surface area contributed by atoms with Crippen LogP contribution in [0.5, 0.6) is 0 Å². The van der Waals surface area contributed by atoms with E-state index in [1.165, 1.54) is 0 Å². The van der Waals surface area contributed by atoms with E-state index in [1.54, 1.807) is 48.5 Å². The lowest BCUT2D eigenvalue weighted by molar-refractivity contribution is -0.103. The van der Waals surface area contributed by atoms with Crippen molar-refractivity contribution in [3.05, 3.63) is 0 Å². The largest absolute Gasteiger partial charge is 0.442 e. The monoisotopic (exact) mass is 318 g/mol. The van der Waals surface area contributed by atoms with Crippen molar-refractivity contribution >= 4 is 18.1 Å². The molecule has 0 atom stereocenters. The summed E-state index contributed by atoms with van der Waals surface area (Å²) < 4.78 is 10.1. The van der Waals surface area contributed by atoms with Gasteiger partial charge in [0.05, 0.1) is 6.61 Å². The zero-order valence-corrected chi connectivity index (χ0v) is 14.2. The van der Waals surface area contributed by atoms with E-state index in [0.29, 0.717) is 10.1 Å². The molecule has 22 heavy (non-hydrogen) atoms. The fourth-order valence-corrected chi connectivity index (χ4v) is 1.13. The number of nitrogens with one attached hydrogen (secondary N) is 1. The van der Waals surface area contributed by atoms with Crippen molar-refractivity contribution in [2.75, 3.05) is 6.61 Å². The van der Waals surface area contributed by atoms with Gasteiger partial charge >= 0.3 is 12.2 Å². The Bertz CT molecular complexity index is 425. The minimum Gasteiger partial charge on any atom is -0.442 e. The summed E-state index contributed by atoms with van der Waals surface area (Å²) in [5.41, 5.74) is -1.59. The normalized spacial score (nSPS) is 11.6. The third kappa shape index (κ3) is 7.23. The molecule has 0 fully saturated rings. The number of carbonyl (C=O) groups is 2. The molecule has 9 nitrogen and oxygen atoms in total. The highest BCUT2D eigenvalue weighted by Gasteiger charge is 2.32. The number of hydroxylamine groups is 2. The Kier molecular flexibility index (Phi) is 6.78. The second kappa shape index (κ2) is 7.41. The summed E-state index contributed by atoms with van der Waals surface area (Å²) in [6.45, 7) is 11.6. The number of amides is 2. The van der Waals surface area contributed by atoms with Gasteiger partial charge in [-0.3, -0.25) is 10.2 Å². The van der Waals surface area contributed by atoms with Crippen LogP contribution < -0.4 is 5.84 Å². The van der Waals surface area contributed by atoms with E-state index < -0.39 is 29.3 Å². The van der Waals surface area contributed by atoms with Crippen molar-refractivity contribution in [3.63, 3.8) is 0 Å². The number of guanidine groups is 1. The van der Waals surface area contributed by atoms with E-state index in [-0.39, 0.29) is 6.61 Å². The number of hydrogen-bond donors (Lipinski definition) is 2. The Hall–Kier alpha value is -1.87. The average Bonchev–Trinajstić information content (AvgIpc) is 2.29. The summed E-state index contributed by atoms with van der Waals surface area (Å²) in [6, 6.07) is 0. The molecule has 0 aromatic rings. The quantitative estimate of drug-likeness (QED) is 0.265. The van der Waals surface area contributed by atoms with Crippen LogP contribution in [0.25, 0.3) is 0 Å². The molecular weight excluding hydrogens is 292 g/mol. The van der Waals surface area contributed by atoms with Crippen LogP contribution in [0.3, 0.4) is 0 Å². The fourth-order valence-electron chi connectivity index (χ4n) is 1.13. The third-order valence-electron chi connectivity index (χ3n) is 1.83. The van der Waals surface area contributed by atoms with E-state index in [1.807, 2.05) is 0 Å². The molecule has 9 heteroatoms. The standard InChI is InChI=1S/C13H26N4O5/c1-8-20-17(11(19)22-13(5,6)7)9(14)16(15)10(18)21-12(2,3)4/h14H,8,15H2,1-7H3. The number of rotatable bonds is 2. The summed E-state index contributed by atoms with van der Waals surface area (Å²) in [5, 5.41) is 8.69. The van der Waals surface area contributed by atoms with Gasteiger partial charge in [-0.15, -0.1) is 5.06 Å². The molecule has 3 N–H and O–H groups in total. The van der Waals surface area contributed by atoms with E-state index >= 15 is 0 Å². The van der Waals surface area contributed by atoms with Crippen molar-refractivity contribution in [3.8, 4) is 0 Å². The first kappa shape index (κ1) is 20.1. The maximum absolute atomic E-state index is 12.0. The Morgan fingerprint density at radius 1 is 1.00 bits per heavy atom. The summed E-state index contributed by atoms with van der Waals surface area (Å²) in [7, 11) is 0. The highest BCUT2D eigenvalue weighted by molar-refractivity contribution is 5.98. The van der Waals surface area contributed by atoms with E-state index in [4.69, 9.17) is 25.6 Å². The van der Waals surface area contributed by atoms with E-state index in [0.717, 1.165) is 0 Å². The lowest BCUT2D eigenvalue weighted by Gasteiger charge is -2.29. The smallest absolute Gasteiger partial charge is 0.442 e. The van der Waals surface area contributed by atoms with Gasteiger partial charge in [0.2, 0.25) is 0 Å². The number of carbonyl (C=O) groups excluding carboxylic acids is 2. The minimum atomic E-state index is -0.995. The van der Waals surface area contributed by atoms with Gasteiger partial charge in [-0.05, 0) is 48.5 Å². The number of nitrogens with zero attached hydrogens (tertiary/aromatic N) is 2. The molecule has 2 amide bonds. The molecule has 0 aliphatic heterocycles. The van der Waals surface area contributed by atoms with Crippen molar-refractivity contribution in [2.45, 2.75) is 59.7 Å². The molecular formula is C13H26N4O5. The van der Waals surface area contributed by atoms with Gasteiger partial charge in [-0.1, -0.05) is 0 Å². The van der Waals surface area contributed by atoms with Gasteiger partial charge in [0, 0.05) is 0 Å². The highest BCUT2D eigenvalue weighted by Crippen LogP contribution is 2.13. The van der Waals surface area contributed by atoms with Crippen LogP contribution in [0, 0.1) is 5.41 Å². The second-order valence-corrected chi connectivity index (χ2v) is 6.37. The maximum Gasteiger partial charge on any atom is 0.442 e. The van der Waals surface area contributed by atoms with Gasteiger partial charge in [-0.25, -0.2) is 15.4 Å². The summed E-state index contributed by atoms with van der Waals surface area (Å²) >= 11 is 0. The Morgan fingerprint density at radius 2 is 1.41 bits per heavy atom. The van der Waals surface area contributed by atoms with Gasteiger partial charge in [0.25, 0.3) is 5.96 Å². The SMILES string of the molecule is CCON(C(=N)N(N)C(=O)OC(C)(C)C)C(=O)OC(C)(C)C. The number of hydrazine groups is 1. The fraction of sp³-hybridized carbons (Fsp3) is 0.769. The van der Waals surface area contributed by atoms with Crippen LogP contribution in [0.2, 0.25) is 0 Å². The average molecular weight is 318 g/mol. The third-order valence-corrected chi connectivity index (χ3v) is 1.83. The Labute approximate surface area is 130 Å². The second-order valence-electron chi connectivity index (χ2n) is 6.37. The molecule has 0 bridgehead atoms. The van der Waals surface area contributed by atoms with Crippen molar-refractivity contribution in [1.82, 2.24) is 10.1 Å². The van der Waals surface area contributed by atoms with Crippen LogP contribution >= 0.6 is 0 Å². The number of ether oxygens (including phenoxy) is 2. The topological polar surface area (TPSA) is 118 Å². The van der Waals surface area contributed by atoms with Crippen LogP contribution in [-0.2, 0) is 14.3 Å². The van der Waals surface area contributed by atoms with Gasteiger partial charge < -0.3 is 9.47 Å². The zero-order valence-electron chi connectivity index (χ0n) is 14.2. The van der Waals surface area contributed by atoms with E-state index in [9.17, 15) is 9.59 Å². The lowest BCUT2D eigenvalue weighted by Crippen LogP contribution is -2.54. The Balaban J connectivity index is 5.06. The molecule has 0 saturated carbocycles. The molecule has 0 saturated heterocycles. The number of nitrogens with two attached hydrogens (primary N) is 1. The lowest BCUT2D eigenvalue weighted by atomic mass is 10.2. The molecule has 0 aromatic heterocycles. The van der Waals surface area contributed by atoms with Gasteiger partial charge in [0.1, 0.15) is 11.2 Å². The molecule has 128 valence electrons. The first-order chi connectivity index (χ1) is 9.78. The molecule has 0 unspecified atom stereocenters. The van der Waals surface area contributed by atoms with Crippen LogP contribution in [0.4, 0.5) is 9.59 Å². The molecule has 0 aliphatic rings. The van der Waals surface area contributed by atoms with Gasteiger partial charge in [-0.2, -0.15) is 5.01 Å².